The molecule has 37 heavy (non-hydrogen) atoms. The van der Waals surface area contributed by atoms with Crippen LogP contribution in [0.15, 0.2) is 70.6 Å². The second-order valence-corrected chi connectivity index (χ2v) is 8.81. The van der Waals surface area contributed by atoms with Gasteiger partial charge in [0.2, 0.25) is 0 Å². The number of carbonyl (C=O) groups is 1. The van der Waals surface area contributed by atoms with Gasteiger partial charge in [-0.1, -0.05) is 26.0 Å². The van der Waals surface area contributed by atoms with Gasteiger partial charge in [0, 0.05) is 5.56 Å². The molecule has 0 saturated carbocycles. The molecule has 0 atom stereocenters. The first-order chi connectivity index (χ1) is 17.8. The van der Waals surface area contributed by atoms with Gasteiger partial charge < -0.3 is 14.2 Å². The first-order valence-corrected chi connectivity index (χ1v) is 11.9. The van der Waals surface area contributed by atoms with Crippen LogP contribution in [0.2, 0.25) is 0 Å². The lowest BCUT2D eigenvalue weighted by atomic mass is 9.96. The number of carbonyl (C=O) groups excluding carboxylic acids is 1. The second-order valence-electron chi connectivity index (χ2n) is 8.81. The Kier molecular flexibility index (Phi) is 7.67. The van der Waals surface area contributed by atoms with Crippen LogP contribution in [0.1, 0.15) is 36.5 Å². The maximum Gasteiger partial charge on any atom is 0.343 e. The summed E-state index contributed by atoms with van der Waals surface area (Å²) in [7, 11) is 2.96. The van der Waals surface area contributed by atoms with Gasteiger partial charge in [-0.25, -0.2) is 9.78 Å². The van der Waals surface area contributed by atoms with Crippen molar-refractivity contribution in [1.82, 2.24) is 9.66 Å². The molecule has 0 saturated heterocycles. The van der Waals surface area contributed by atoms with Gasteiger partial charge in [0.05, 0.1) is 31.3 Å². The van der Waals surface area contributed by atoms with Gasteiger partial charge in [0.25, 0.3) is 5.56 Å². The van der Waals surface area contributed by atoms with Crippen LogP contribution in [0.4, 0.5) is 0 Å². The summed E-state index contributed by atoms with van der Waals surface area (Å²) in [4.78, 5) is 29.7. The third-order valence-electron chi connectivity index (χ3n) is 5.98. The van der Waals surface area contributed by atoms with Crippen LogP contribution < -0.4 is 15.0 Å². The Morgan fingerprint density at radius 1 is 1.08 bits per heavy atom. The summed E-state index contributed by atoms with van der Waals surface area (Å²) < 4.78 is 16.9. The minimum absolute atomic E-state index is 0.176. The largest absolute Gasteiger partial charge is 0.496 e. The third kappa shape index (κ3) is 5.53. The molecule has 8 heteroatoms. The summed E-state index contributed by atoms with van der Waals surface area (Å²) in [6.07, 6.45) is 1.59. The first kappa shape index (κ1) is 25.6. The number of aromatic nitrogens is 2. The van der Waals surface area contributed by atoms with E-state index in [0.29, 0.717) is 22.5 Å². The Labute approximate surface area is 215 Å². The van der Waals surface area contributed by atoms with Crippen LogP contribution in [-0.4, -0.2) is 42.7 Å². The molecule has 0 aliphatic rings. The van der Waals surface area contributed by atoms with Crippen LogP contribution in [0.25, 0.3) is 22.3 Å². The molecular weight excluding hydrogens is 470 g/mol. The number of aryl methyl sites for hydroxylation is 1. The average molecular weight is 500 g/mol. The summed E-state index contributed by atoms with van der Waals surface area (Å²) in [5.74, 6) is 1.50. The zero-order valence-corrected chi connectivity index (χ0v) is 21.5. The quantitative estimate of drug-likeness (QED) is 0.252. The van der Waals surface area contributed by atoms with Crippen LogP contribution in [0.3, 0.4) is 0 Å². The third-order valence-corrected chi connectivity index (χ3v) is 5.98. The highest BCUT2D eigenvalue weighted by Gasteiger charge is 2.18. The van der Waals surface area contributed by atoms with E-state index in [9.17, 15) is 9.59 Å². The Morgan fingerprint density at radius 2 is 1.81 bits per heavy atom. The lowest BCUT2D eigenvalue weighted by Crippen LogP contribution is -2.20. The summed E-state index contributed by atoms with van der Waals surface area (Å²) in [6.45, 7) is 5.97. The lowest BCUT2D eigenvalue weighted by Gasteiger charge is -2.17. The van der Waals surface area contributed by atoms with E-state index in [1.807, 2.05) is 37.3 Å². The number of nitrogens with zero attached hydrogens (tertiary/aromatic N) is 3. The monoisotopic (exact) mass is 499 g/mol. The Hall–Kier alpha value is -4.46. The Bertz CT molecular complexity index is 1520. The van der Waals surface area contributed by atoms with Gasteiger partial charge in [0.1, 0.15) is 11.5 Å². The van der Waals surface area contributed by atoms with E-state index in [4.69, 9.17) is 14.5 Å². The van der Waals surface area contributed by atoms with Crippen LogP contribution in [-0.2, 0) is 9.53 Å². The summed E-state index contributed by atoms with van der Waals surface area (Å²) >= 11 is 0. The minimum Gasteiger partial charge on any atom is -0.496 e. The highest BCUT2D eigenvalue weighted by atomic mass is 16.6. The van der Waals surface area contributed by atoms with Crippen molar-refractivity contribution in [3.8, 4) is 22.9 Å². The number of fused-ring (bicyclic) bond motifs is 1. The maximum atomic E-state index is 13.5. The van der Waals surface area contributed by atoms with Crippen molar-refractivity contribution < 1.29 is 19.0 Å². The molecule has 4 rings (SSSR count). The normalized spacial score (nSPS) is 11.3. The molecule has 3 aromatic carbocycles. The van der Waals surface area contributed by atoms with Crippen LogP contribution in [0.5, 0.6) is 11.5 Å². The zero-order valence-electron chi connectivity index (χ0n) is 21.5. The molecular formula is C29H29N3O5. The molecule has 8 nitrogen and oxygen atoms in total. The number of benzene rings is 3. The van der Waals surface area contributed by atoms with Crippen molar-refractivity contribution in [3.63, 3.8) is 0 Å². The van der Waals surface area contributed by atoms with Gasteiger partial charge in [-0.3, -0.25) is 4.79 Å². The fourth-order valence-corrected chi connectivity index (χ4v) is 3.95. The molecule has 1 aromatic heterocycles. The highest BCUT2D eigenvalue weighted by Crippen LogP contribution is 2.34. The van der Waals surface area contributed by atoms with Crippen molar-refractivity contribution in [1.29, 1.82) is 0 Å². The number of ether oxygens (including phenoxy) is 3. The smallest absolute Gasteiger partial charge is 0.343 e. The Morgan fingerprint density at radius 3 is 2.49 bits per heavy atom. The molecule has 0 aliphatic heterocycles. The van der Waals surface area contributed by atoms with Gasteiger partial charge in [-0.15, -0.1) is 0 Å². The molecule has 0 fully saturated rings. The minimum atomic E-state index is -0.462. The van der Waals surface area contributed by atoms with E-state index in [2.05, 4.69) is 23.7 Å². The van der Waals surface area contributed by atoms with Crippen molar-refractivity contribution in [2.24, 2.45) is 5.10 Å². The van der Waals surface area contributed by atoms with E-state index in [-0.39, 0.29) is 18.1 Å². The first-order valence-electron chi connectivity index (χ1n) is 11.9. The highest BCUT2D eigenvalue weighted by molar-refractivity contribution is 5.82. The van der Waals surface area contributed by atoms with Gasteiger partial charge in [-0.05, 0) is 78.1 Å². The fourth-order valence-electron chi connectivity index (χ4n) is 3.95. The number of para-hydroxylation sites is 1. The summed E-state index contributed by atoms with van der Waals surface area (Å²) in [6, 6.07) is 18.2. The molecule has 190 valence electrons. The zero-order chi connectivity index (χ0) is 26.5. The van der Waals surface area contributed by atoms with Crippen molar-refractivity contribution in [2.75, 3.05) is 20.8 Å². The number of rotatable bonds is 8. The Balaban J connectivity index is 1.80. The summed E-state index contributed by atoms with van der Waals surface area (Å²) in [5, 5.41) is 5.03. The molecule has 0 aliphatic carbocycles. The molecule has 0 spiro atoms. The van der Waals surface area contributed by atoms with E-state index >= 15 is 0 Å². The molecule has 0 radical (unpaired) electrons. The number of methoxy groups -OCH3 is 2. The standard InChI is InChI=1S/C29H29N3O5/c1-18(2)23-15-24(19(3)14-26(23)35-4)28-31-25-9-7-6-8-22(25)29(34)32(28)30-16-20-10-12-21(13-11-20)37-17-27(33)36-5/h6-16,18H,17H2,1-5H3. The molecule has 0 amide bonds. The second kappa shape index (κ2) is 11.1. The van der Waals surface area contributed by atoms with E-state index < -0.39 is 5.97 Å². The predicted octanol–water partition coefficient (Wildman–Crippen LogP) is 4.94. The topological polar surface area (TPSA) is 92.0 Å². The molecule has 0 bridgehead atoms. The van der Waals surface area contributed by atoms with Crippen LogP contribution >= 0.6 is 0 Å². The van der Waals surface area contributed by atoms with E-state index in [0.717, 1.165) is 28.0 Å². The fraction of sp³-hybridized carbons (Fsp3) is 0.241. The molecule has 0 N–H and O–H groups in total. The lowest BCUT2D eigenvalue weighted by molar-refractivity contribution is -0.142. The van der Waals surface area contributed by atoms with Gasteiger partial charge >= 0.3 is 5.97 Å². The van der Waals surface area contributed by atoms with Crippen molar-refractivity contribution in [2.45, 2.75) is 26.7 Å². The van der Waals surface area contributed by atoms with Crippen molar-refractivity contribution in [3.05, 3.63) is 87.7 Å². The van der Waals surface area contributed by atoms with Crippen LogP contribution in [0, 0.1) is 6.92 Å². The van der Waals surface area contributed by atoms with Gasteiger partial charge in [-0.2, -0.15) is 9.78 Å². The van der Waals surface area contributed by atoms with E-state index in [1.54, 1.807) is 43.7 Å². The number of hydrogen-bond donors (Lipinski definition) is 0. The van der Waals surface area contributed by atoms with Gasteiger partial charge in [0.15, 0.2) is 12.4 Å². The molecule has 0 unspecified atom stereocenters. The summed E-state index contributed by atoms with van der Waals surface area (Å²) in [5.41, 5.74) is 3.81. The maximum absolute atomic E-state index is 13.5. The molecule has 4 aromatic rings. The SMILES string of the molecule is COC(=O)COc1ccc(C=Nn2c(-c3cc(C(C)C)c(OC)cc3C)nc3ccccc3c2=O)cc1. The average Bonchev–Trinajstić information content (AvgIpc) is 2.91. The van der Waals surface area contributed by atoms with Crippen molar-refractivity contribution >= 4 is 23.1 Å². The number of esters is 1. The number of hydrogen-bond acceptors (Lipinski definition) is 7. The molecule has 1 heterocycles. The van der Waals surface area contributed by atoms with E-state index in [1.165, 1.54) is 11.8 Å². The predicted molar refractivity (Wildman–Crippen MR) is 144 cm³/mol.